The molecule has 0 spiro atoms. The smallest absolute Gasteiger partial charge is 0.150 e. The van der Waals surface area contributed by atoms with Crippen LogP contribution < -0.4 is 0 Å². The Kier molecular flexibility index (Phi) is 4.29. The number of hydrogen-bond acceptors (Lipinski definition) is 3. The van der Waals surface area contributed by atoms with E-state index >= 15 is 0 Å². The van der Waals surface area contributed by atoms with Crippen molar-refractivity contribution < 1.29 is 4.39 Å². The first-order chi connectivity index (χ1) is 10.2. The van der Waals surface area contributed by atoms with Gasteiger partial charge in [0.25, 0.3) is 0 Å². The van der Waals surface area contributed by atoms with Gasteiger partial charge in [0.05, 0.1) is 6.54 Å². The quantitative estimate of drug-likeness (QED) is 0.941. The van der Waals surface area contributed by atoms with Crippen LogP contribution >= 0.6 is 0 Å². The molecule has 1 saturated heterocycles. The Morgan fingerprint density at radius 2 is 1.95 bits per heavy atom. The molecule has 4 nitrogen and oxygen atoms in total. The van der Waals surface area contributed by atoms with Gasteiger partial charge in [-0.05, 0) is 49.5 Å². The number of piperidine rings is 1. The maximum atomic E-state index is 13.0. The number of nitrogens with zero attached hydrogens (tertiary/aromatic N) is 3. The molecule has 1 N–H and O–H groups in total. The third kappa shape index (κ3) is 3.47. The summed E-state index contributed by atoms with van der Waals surface area (Å²) in [7, 11) is 0. The van der Waals surface area contributed by atoms with Crippen molar-refractivity contribution in [3.63, 3.8) is 0 Å². The Morgan fingerprint density at radius 1 is 1.24 bits per heavy atom. The fourth-order valence-electron chi connectivity index (χ4n) is 2.93. The van der Waals surface area contributed by atoms with Crippen molar-refractivity contribution in [3.8, 4) is 0 Å². The second-order valence-corrected chi connectivity index (χ2v) is 5.65. The molecule has 3 rings (SSSR count). The zero-order valence-corrected chi connectivity index (χ0v) is 12.3. The number of likely N-dealkylation sites (tertiary alicyclic amines) is 1. The van der Waals surface area contributed by atoms with Crippen LogP contribution in [0.3, 0.4) is 0 Å². The summed E-state index contributed by atoms with van der Waals surface area (Å²) < 4.78 is 13.0. The van der Waals surface area contributed by atoms with Crippen LogP contribution in [0.5, 0.6) is 0 Å². The summed E-state index contributed by atoms with van der Waals surface area (Å²) in [6.45, 7) is 4.98. The molecule has 0 saturated carbocycles. The average molecular weight is 288 g/mol. The first kappa shape index (κ1) is 14.2. The lowest BCUT2D eigenvalue weighted by Gasteiger charge is -2.31. The summed E-state index contributed by atoms with van der Waals surface area (Å²) in [5.74, 6) is 2.22. The van der Waals surface area contributed by atoms with Crippen LogP contribution in [0.1, 0.15) is 42.9 Å². The van der Waals surface area contributed by atoms with Gasteiger partial charge in [-0.2, -0.15) is 5.10 Å². The molecule has 112 valence electrons. The molecule has 1 aromatic carbocycles. The van der Waals surface area contributed by atoms with Gasteiger partial charge in [-0.15, -0.1) is 0 Å². The summed E-state index contributed by atoms with van der Waals surface area (Å²) in [5, 5.41) is 7.18. The number of H-pyrrole nitrogens is 1. The number of aromatic nitrogens is 3. The van der Waals surface area contributed by atoms with E-state index in [2.05, 4.69) is 27.0 Å². The number of aryl methyl sites for hydroxylation is 1. The van der Waals surface area contributed by atoms with E-state index in [-0.39, 0.29) is 5.82 Å². The molecule has 2 heterocycles. The van der Waals surface area contributed by atoms with Crippen molar-refractivity contribution >= 4 is 0 Å². The van der Waals surface area contributed by atoms with E-state index in [1.165, 1.54) is 5.56 Å². The molecule has 0 radical (unpaired) electrons. The maximum absolute atomic E-state index is 13.0. The van der Waals surface area contributed by atoms with E-state index in [1.807, 2.05) is 12.1 Å². The summed E-state index contributed by atoms with van der Waals surface area (Å²) in [6.07, 6.45) is 3.09. The Bertz CT molecular complexity index is 570. The highest BCUT2D eigenvalue weighted by Crippen LogP contribution is 2.28. The molecule has 0 amide bonds. The van der Waals surface area contributed by atoms with E-state index in [0.29, 0.717) is 5.92 Å². The number of halogens is 1. The number of rotatable bonds is 4. The van der Waals surface area contributed by atoms with E-state index in [1.54, 1.807) is 12.1 Å². The lowest BCUT2D eigenvalue weighted by Crippen LogP contribution is -2.32. The zero-order chi connectivity index (χ0) is 14.7. The molecule has 1 aromatic heterocycles. The van der Waals surface area contributed by atoms with Crippen LogP contribution in [-0.2, 0) is 13.0 Å². The summed E-state index contributed by atoms with van der Waals surface area (Å²) in [4.78, 5) is 6.86. The minimum absolute atomic E-state index is 0.159. The molecule has 0 aliphatic carbocycles. The van der Waals surface area contributed by atoms with Gasteiger partial charge in [0.1, 0.15) is 17.5 Å². The van der Waals surface area contributed by atoms with Crippen LogP contribution in [0.2, 0.25) is 0 Å². The van der Waals surface area contributed by atoms with Crippen LogP contribution in [-0.4, -0.2) is 33.2 Å². The van der Waals surface area contributed by atoms with Crippen LogP contribution in [0, 0.1) is 5.82 Å². The third-order valence-electron chi connectivity index (χ3n) is 4.20. The van der Waals surface area contributed by atoms with Crippen molar-refractivity contribution in [2.45, 2.75) is 38.6 Å². The lowest BCUT2D eigenvalue weighted by atomic mass is 9.89. The second kappa shape index (κ2) is 6.35. The Hall–Kier alpha value is -1.75. The van der Waals surface area contributed by atoms with E-state index < -0.39 is 0 Å². The number of nitrogens with one attached hydrogen (secondary N) is 1. The molecule has 0 unspecified atom stereocenters. The molecule has 2 aromatic rings. The van der Waals surface area contributed by atoms with Gasteiger partial charge in [0.15, 0.2) is 0 Å². The largest absolute Gasteiger partial charge is 0.296 e. The SMILES string of the molecule is CCc1n[nH]c(CN2CCC(c3ccc(F)cc3)CC2)n1. The predicted octanol–water partition coefficient (Wildman–Crippen LogP) is 2.89. The molecule has 1 aliphatic rings. The molecule has 21 heavy (non-hydrogen) atoms. The molecular weight excluding hydrogens is 267 g/mol. The summed E-state index contributed by atoms with van der Waals surface area (Å²) in [6, 6.07) is 6.95. The average Bonchev–Trinajstić information content (AvgIpc) is 2.97. The number of benzene rings is 1. The van der Waals surface area contributed by atoms with Gasteiger partial charge in [0, 0.05) is 6.42 Å². The van der Waals surface area contributed by atoms with E-state index in [4.69, 9.17) is 0 Å². The molecule has 0 bridgehead atoms. The highest BCUT2D eigenvalue weighted by molar-refractivity contribution is 5.21. The Balaban J connectivity index is 1.54. The van der Waals surface area contributed by atoms with Gasteiger partial charge in [-0.1, -0.05) is 19.1 Å². The van der Waals surface area contributed by atoms with Crippen LogP contribution in [0.15, 0.2) is 24.3 Å². The lowest BCUT2D eigenvalue weighted by molar-refractivity contribution is 0.200. The van der Waals surface area contributed by atoms with E-state index in [0.717, 1.165) is 50.5 Å². The van der Waals surface area contributed by atoms with Crippen LogP contribution in [0.25, 0.3) is 0 Å². The van der Waals surface area contributed by atoms with Crippen molar-refractivity contribution in [1.82, 2.24) is 20.1 Å². The number of aromatic amines is 1. The number of hydrogen-bond donors (Lipinski definition) is 1. The highest BCUT2D eigenvalue weighted by atomic mass is 19.1. The predicted molar refractivity (Wildman–Crippen MR) is 79.4 cm³/mol. The minimum atomic E-state index is -0.159. The van der Waals surface area contributed by atoms with Crippen molar-refractivity contribution in [2.24, 2.45) is 0 Å². The second-order valence-electron chi connectivity index (χ2n) is 5.65. The van der Waals surface area contributed by atoms with Crippen molar-refractivity contribution in [1.29, 1.82) is 0 Å². The first-order valence-electron chi connectivity index (χ1n) is 7.62. The topological polar surface area (TPSA) is 44.8 Å². The summed E-state index contributed by atoms with van der Waals surface area (Å²) >= 11 is 0. The van der Waals surface area contributed by atoms with Gasteiger partial charge in [-0.25, -0.2) is 9.37 Å². The molecular formula is C16H21FN4. The molecule has 0 atom stereocenters. The van der Waals surface area contributed by atoms with Crippen molar-refractivity contribution in [3.05, 3.63) is 47.3 Å². The van der Waals surface area contributed by atoms with Gasteiger partial charge >= 0.3 is 0 Å². The standard InChI is InChI=1S/C16H21FN4/c1-2-15-18-16(20-19-15)11-21-9-7-13(8-10-21)12-3-5-14(17)6-4-12/h3-6,13H,2,7-11H2,1H3,(H,18,19,20). The fourth-order valence-corrected chi connectivity index (χ4v) is 2.93. The van der Waals surface area contributed by atoms with Gasteiger partial charge < -0.3 is 0 Å². The normalized spacial score (nSPS) is 17.2. The van der Waals surface area contributed by atoms with Crippen LogP contribution in [0.4, 0.5) is 4.39 Å². The highest BCUT2D eigenvalue weighted by Gasteiger charge is 2.21. The van der Waals surface area contributed by atoms with Gasteiger partial charge in [0.2, 0.25) is 0 Å². The molecule has 1 fully saturated rings. The van der Waals surface area contributed by atoms with Gasteiger partial charge in [-0.3, -0.25) is 10.00 Å². The fraction of sp³-hybridized carbons (Fsp3) is 0.500. The zero-order valence-electron chi connectivity index (χ0n) is 12.3. The summed E-state index contributed by atoms with van der Waals surface area (Å²) in [5.41, 5.74) is 1.25. The van der Waals surface area contributed by atoms with Crippen molar-refractivity contribution in [2.75, 3.05) is 13.1 Å². The molecule has 1 aliphatic heterocycles. The third-order valence-corrected chi connectivity index (χ3v) is 4.20. The monoisotopic (exact) mass is 288 g/mol. The minimum Gasteiger partial charge on any atom is -0.296 e. The molecule has 5 heteroatoms. The Morgan fingerprint density at radius 3 is 2.57 bits per heavy atom. The Labute approximate surface area is 124 Å². The van der Waals surface area contributed by atoms with E-state index in [9.17, 15) is 4.39 Å². The maximum Gasteiger partial charge on any atom is 0.150 e. The first-order valence-corrected chi connectivity index (χ1v) is 7.62.